The van der Waals surface area contributed by atoms with Crippen molar-refractivity contribution in [3.8, 4) is 5.75 Å². The summed E-state index contributed by atoms with van der Waals surface area (Å²) >= 11 is 0. The van der Waals surface area contributed by atoms with Crippen LogP contribution >= 0.6 is 0 Å². The first-order valence-electron chi connectivity index (χ1n) is 6.14. The molecule has 1 aromatic carbocycles. The van der Waals surface area contributed by atoms with Crippen LogP contribution in [-0.4, -0.2) is 36.7 Å². The number of hydrogen-bond acceptors (Lipinski definition) is 3. The number of nitrogens with zero attached hydrogens (tertiary/aromatic N) is 1. The van der Waals surface area contributed by atoms with E-state index in [4.69, 9.17) is 4.74 Å². The smallest absolute Gasteiger partial charge is 0.308 e. The van der Waals surface area contributed by atoms with Crippen LogP contribution < -0.4 is 4.74 Å². The molecule has 18 heavy (non-hydrogen) atoms. The molecule has 98 valence electrons. The number of carbonyl (C=O) groups is 1. The van der Waals surface area contributed by atoms with E-state index in [1.165, 1.54) is 5.56 Å². The van der Waals surface area contributed by atoms with Gasteiger partial charge in [-0.25, -0.2) is 0 Å². The van der Waals surface area contributed by atoms with E-state index in [1.807, 2.05) is 25.2 Å². The Labute approximate surface area is 107 Å². The van der Waals surface area contributed by atoms with Crippen molar-refractivity contribution in [2.75, 3.05) is 20.7 Å². The summed E-state index contributed by atoms with van der Waals surface area (Å²) in [6, 6.07) is 5.86. The Morgan fingerprint density at radius 2 is 2.28 bits per heavy atom. The van der Waals surface area contributed by atoms with Crippen molar-refractivity contribution in [1.82, 2.24) is 4.90 Å². The number of fused-ring (bicyclic) bond motifs is 1. The molecule has 4 heteroatoms. The molecule has 1 aliphatic heterocycles. The van der Waals surface area contributed by atoms with Crippen LogP contribution in [0.25, 0.3) is 0 Å². The molecule has 1 N–H and O–H groups in total. The third kappa shape index (κ3) is 2.20. The van der Waals surface area contributed by atoms with Crippen LogP contribution in [0.5, 0.6) is 5.75 Å². The fraction of sp³-hybridized carbons (Fsp3) is 0.500. The summed E-state index contributed by atoms with van der Waals surface area (Å²) in [4.78, 5) is 13.3. The second kappa shape index (κ2) is 4.98. The van der Waals surface area contributed by atoms with Crippen molar-refractivity contribution >= 4 is 5.97 Å². The lowest BCUT2D eigenvalue weighted by molar-refractivity contribution is -0.143. The van der Waals surface area contributed by atoms with Gasteiger partial charge in [-0.1, -0.05) is 13.0 Å². The second-order valence-corrected chi connectivity index (χ2v) is 4.87. The van der Waals surface area contributed by atoms with Gasteiger partial charge in [0.1, 0.15) is 5.75 Å². The van der Waals surface area contributed by atoms with Gasteiger partial charge in [0, 0.05) is 12.6 Å². The van der Waals surface area contributed by atoms with E-state index >= 15 is 0 Å². The molecule has 0 radical (unpaired) electrons. The molecule has 4 nitrogen and oxygen atoms in total. The van der Waals surface area contributed by atoms with Crippen molar-refractivity contribution < 1.29 is 14.6 Å². The van der Waals surface area contributed by atoms with E-state index < -0.39 is 11.9 Å². The molecule has 2 rings (SSSR count). The van der Waals surface area contributed by atoms with Crippen molar-refractivity contribution in [1.29, 1.82) is 0 Å². The Kier molecular flexibility index (Phi) is 3.57. The molecular weight excluding hydrogens is 230 g/mol. The summed E-state index contributed by atoms with van der Waals surface area (Å²) in [6.07, 6.45) is 0.936. The van der Waals surface area contributed by atoms with Crippen LogP contribution in [0.2, 0.25) is 0 Å². The molecule has 0 aliphatic carbocycles. The number of methoxy groups -OCH3 is 1. The maximum Gasteiger partial charge on any atom is 0.308 e. The zero-order valence-electron chi connectivity index (χ0n) is 11.0. The summed E-state index contributed by atoms with van der Waals surface area (Å²) in [5, 5.41) is 9.23. The third-order valence-electron chi connectivity index (χ3n) is 3.74. The van der Waals surface area contributed by atoms with E-state index in [-0.39, 0.29) is 6.04 Å². The van der Waals surface area contributed by atoms with Gasteiger partial charge in [0.05, 0.1) is 13.0 Å². The Balaban J connectivity index is 2.41. The first-order valence-corrected chi connectivity index (χ1v) is 6.14. The van der Waals surface area contributed by atoms with Gasteiger partial charge < -0.3 is 9.84 Å². The Morgan fingerprint density at radius 1 is 1.56 bits per heavy atom. The second-order valence-electron chi connectivity index (χ2n) is 4.87. The van der Waals surface area contributed by atoms with E-state index in [2.05, 4.69) is 4.90 Å². The molecule has 0 fully saturated rings. The fourth-order valence-electron chi connectivity index (χ4n) is 2.67. The van der Waals surface area contributed by atoms with E-state index in [9.17, 15) is 9.90 Å². The quantitative estimate of drug-likeness (QED) is 0.889. The largest absolute Gasteiger partial charge is 0.497 e. The number of benzene rings is 1. The number of ether oxygens (including phenoxy) is 1. The lowest BCUT2D eigenvalue weighted by atomic mass is 9.85. The Hall–Kier alpha value is -1.55. The molecule has 2 atom stereocenters. The summed E-state index contributed by atoms with van der Waals surface area (Å²) in [7, 11) is 3.63. The third-order valence-corrected chi connectivity index (χ3v) is 3.74. The SMILES string of the molecule is COc1ccc2c(c1)CCN(C)C2C(C)C(=O)O. The molecule has 1 aliphatic rings. The van der Waals surface area contributed by atoms with E-state index in [0.29, 0.717) is 0 Å². The normalized spacial score (nSPS) is 21.2. The molecule has 2 unspecified atom stereocenters. The van der Waals surface area contributed by atoms with Gasteiger partial charge in [0.25, 0.3) is 0 Å². The van der Waals surface area contributed by atoms with Crippen LogP contribution in [0.4, 0.5) is 0 Å². The first kappa shape index (κ1) is 12.9. The number of carboxylic acid groups (broad SMARTS) is 1. The Bertz CT molecular complexity index is 458. The van der Waals surface area contributed by atoms with Crippen LogP contribution in [0.3, 0.4) is 0 Å². The van der Waals surface area contributed by atoms with Crippen LogP contribution in [0.1, 0.15) is 24.1 Å². The van der Waals surface area contributed by atoms with Crippen molar-refractivity contribution in [3.05, 3.63) is 29.3 Å². The highest BCUT2D eigenvalue weighted by Crippen LogP contribution is 2.35. The highest BCUT2D eigenvalue weighted by Gasteiger charge is 2.33. The summed E-state index contributed by atoms with van der Waals surface area (Å²) in [5.41, 5.74) is 2.31. The predicted molar refractivity (Wildman–Crippen MR) is 68.9 cm³/mol. The van der Waals surface area contributed by atoms with Gasteiger partial charge in [-0.3, -0.25) is 9.69 Å². The number of aliphatic carboxylic acids is 1. The maximum atomic E-state index is 11.2. The van der Waals surface area contributed by atoms with Gasteiger partial charge in [0.15, 0.2) is 0 Å². The van der Waals surface area contributed by atoms with Crippen molar-refractivity contribution in [2.45, 2.75) is 19.4 Å². The minimum absolute atomic E-state index is 0.0582. The van der Waals surface area contributed by atoms with Crippen LogP contribution in [0.15, 0.2) is 18.2 Å². The van der Waals surface area contributed by atoms with Gasteiger partial charge in [-0.15, -0.1) is 0 Å². The van der Waals surface area contributed by atoms with Crippen LogP contribution in [0, 0.1) is 5.92 Å². The molecule has 0 saturated carbocycles. The zero-order valence-corrected chi connectivity index (χ0v) is 11.0. The number of likely N-dealkylation sites (N-methyl/N-ethyl adjacent to an activating group) is 1. The number of rotatable bonds is 3. The summed E-state index contributed by atoms with van der Waals surface area (Å²) in [5.74, 6) is -0.335. The lowest BCUT2D eigenvalue weighted by Crippen LogP contribution is -2.38. The number of carboxylic acids is 1. The molecule has 1 aromatic rings. The molecule has 1 heterocycles. The highest BCUT2D eigenvalue weighted by molar-refractivity contribution is 5.71. The van der Waals surface area contributed by atoms with E-state index in [0.717, 1.165) is 24.3 Å². The zero-order chi connectivity index (χ0) is 13.3. The first-order chi connectivity index (χ1) is 8.54. The van der Waals surface area contributed by atoms with Crippen molar-refractivity contribution in [2.24, 2.45) is 5.92 Å². The molecule has 0 saturated heterocycles. The molecule has 0 amide bonds. The molecule has 0 bridgehead atoms. The summed E-state index contributed by atoms with van der Waals surface area (Å²) in [6.45, 7) is 2.64. The maximum absolute atomic E-state index is 11.2. The van der Waals surface area contributed by atoms with Gasteiger partial charge in [0.2, 0.25) is 0 Å². The fourth-order valence-corrected chi connectivity index (χ4v) is 2.67. The minimum atomic E-state index is -0.754. The van der Waals surface area contributed by atoms with Gasteiger partial charge in [-0.05, 0) is 36.7 Å². The monoisotopic (exact) mass is 249 g/mol. The van der Waals surface area contributed by atoms with Crippen molar-refractivity contribution in [3.63, 3.8) is 0 Å². The predicted octanol–water partition coefficient (Wildman–Crippen LogP) is 1.94. The molecular formula is C14H19NO3. The highest BCUT2D eigenvalue weighted by atomic mass is 16.5. The topological polar surface area (TPSA) is 49.8 Å². The van der Waals surface area contributed by atoms with Gasteiger partial charge in [-0.2, -0.15) is 0 Å². The number of hydrogen-bond donors (Lipinski definition) is 1. The summed E-state index contributed by atoms with van der Waals surface area (Å²) < 4.78 is 5.22. The molecule has 0 spiro atoms. The minimum Gasteiger partial charge on any atom is -0.497 e. The Morgan fingerprint density at radius 3 is 2.89 bits per heavy atom. The average molecular weight is 249 g/mol. The van der Waals surface area contributed by atoms with Gasteiger partial charge >= 0.3 is 5.97 Å². The van der Waals surface area contributed by atoms with Crippen LogP contribution in [-0.2, 0) is 11.2 Å². The standard InChI is InChI=1S/C14H19NO3/c1-9(14(16)17)13-12-5-4-11(18-3)8-10(12)6-7-15(13)2/h4-5,8-9,13H,6-7H2,1-3H3,(H,16,17). The van der Waals surface area contributed by atoms with E-state index in [1.54, 1.807) is 14.0 Å². The molecule has 0 aromatic heterocycles. The average Bonchev–Trinajstić information content (AvgIpc) is 2.37. The lowest BCUT2D eigenvalue weighted by Gasteiger charge is -2.37.